The van der Waals surface area contributed by atoms with E-state index in [1.54, 1.807) is 24.3 Å². The Morgan fingerprint density at radius 1 is 1.19 bits per heavy atom. The lowest BCUT2D eigenvalue weighted by Crippen LogP contribution is -2.39. The Labute approximate surface area is 200 Å². The zero-order valence-electron chi connectivity index (χ0n) is 17.7. The number of benzene rings is 2. The minimum absolute atomic E-state index is 0.374. The maximum Gasteiger partial charge on any atom is 0.260 e. The molecule has 1 aromatic heterocycles. The molecule has 0 aliphatic heterocycles. The first kappa shape index (κ1) is 24.0. The third kappa shape index (κ3) is 5.59. The zero-order chi connectivity index (χ0) is 23.5. The second-order valence-electron chi connectivity index (χ2n) is 7.16. The number of hydrogen-bond donors (Lipinski definition) is 1. The molecule has 0 bridgehead atoms. The van der Waals surface area contributed by atoms with Gasteiger partial charge in [-0.15, -0.1) is 0 Å². The average molecular weight is 538 g/mol. The van der Waals surface area contributed by atoms with Crippen molar-refractivity contribution >= 4 is 55.4 Å². The molecule has 0 radical (unpaired) electrons. The molecule has 0 saturated carbocycles. The van der Waals surface area contributed by atoms with Crippen molar-refractivity contribution in [3.05, 3.63) is 81.0 Å². The highest BCUT2D eigenvalue weighted by atomic mass is 79.9. The van der Waals surface area contributed by atoms with Gasteiger partial charge in [-0.1, -0.05) is 29.8 Å². The molecule has 0 spiro atoms. The van der Waals surface area contributed by atoms with Crippen LogP contribution in [0.25, 0.3) is 5.69 Å². The molecule has 3 rings (SSSR count). The van der Waals surface area contributed by atoms with E-state index < -0.39 is 22.5 Å². The molecule has 1 amide bonds. The summed E-state index contributed by atoms with van der Waals surface area (Å²) >= 11 is 9.44. The molecule has 7 nitrogen and oxygen atoms in total. The Kier molecular flexibility index (Phi) is 7.43. The van der Waals surface area contributed by atoms with E-state index in [2.05, 4.69) is 26.5 Å². The fourth-order valence-corrected chi connectivity index (χ4v) is 4.97. The molecular weight excluding hydrogens is 516 g/mol. The average Bonchev–Trinajstić information content (AvgIpc) is 2.99. The van der Waals surface area contributed by atoms with Gasteiger partial charge in [-0.3, -0.25) is 9.10 Å². The number of carbonyl (C=O) groups excluding carboxylic acids is 1. The molecule has 0 aliphatic carbocycles. The number of amides is 1. The number of nitrogens with zero attached hydrogens (tertiary/aromatic N) is 3. The van der Waals surface area contributed by atoms with Crippen molar-refractivity contribution in [3.63, 3.8) is 0 Å². The van der Waals surface area contributed by atoms with Gasteiger partial charge in [0.25, 0.3) is 5.91 Å². The SMILES string of the molecule is Cc1cc(/C=N\NC(=O)CN(c2ccccc2Br)S(C)(=O)=O)c(C)n1-c1cccc(Cl)c1. The normalized spacial score (nSPS) is 11.7. The van der Waals surface area contributed by atoms with E-state index in [1.807, 2.05) is 48.7 Å². The van der Waals surface area contributed by atoms with E-state index in [9.17, 15) is 13.2 Å². The van der Waals surface area contributed by atoms with Crippen molar-refractivity contribution in [2.45, 2.75) is 13.8 Å². The van der Waals surface area contributed by atoms with Crippen molar-refractivity contribution in [2.24, 2.45) is 5.10 Å². The number of anilines is 1. The predicted molar refractivity (Wildman–Crippen MR) is 132 cm³/mol. The summed E-state index contributed by atoms with van der Waals surface area (Å²) in [5.74, 6) is -0.564. The van der Waals surface area contributed by atoms with Crippen LogP contribution in [-0.4, -0.2) is 37.9 Å². The molecule has 10 heteroatoms. The van der Waals surface area contributed by atoms with Crippen LogP contribution in [0.1, 0.15) is 17.0 Å². The monoisotopic (exact) mass is 536 g/mol. The fourth-order valence-electron chi connectivity index (χ4n) is 3.31. The molecule has 168 valence electrons. The summed E-state index contributed by atoms with van der Waals surface area (Å²) in [7, 11) is -3.68. The first-order valence-electron chi connectivity index (χ1n) is 9.57. The summed E-state index contributed by atoms with van der Waals surface area (Å²) in [6, 6.07) is 16.2. The molecular formula is C22H22BrClN4O3S. The number of aryl methyl sites for hydroxylation is 1. The van der Waals surface area contributed by atoms with Crippen molar-refractivity contribution < 1.29 is 13.2 Å². The smallest absolute Gasteiger partial charge is 0.260 e. The third-order valence-corrected chi connectivity index (χ3v) is 6.77. The lowest BCUT2D eigenvalue weighted by molar-refractivity contribution is -0.119. The molecule has 1 heterocycles. The highest BCUT2D eigenvalue weighted by Crippen LogP contribution is 2.27. The number of hydrazone groups is 1. The number of rotatable bonds is 7. The lowest BCUT2D eigenvalue weighted by Gasteiger charge is -2.22. The van der Waals surface area contributed by atoms with E-state index >= 15 is 0 Å². The summed E-state index contributed by atoms with van der Waals surface area (Å²) < 4.78 is 28.1. The molecule has 0 unspecified atom stereocenters. The molecule has 1 N–H and O–H groups in total. The van der Waals surface area contributed by atoms with Crippen LogP contribution in [0, 0.1) is 13.8 Å². The fraction of sp³-hybridized carbons (Fsp3) is 0.182. The number of aromatic nitrogens is 1. The van der Waals surface area contributed by atoms with Gasteiger partial charge in [0.05, 0.1) is 18.2 Å². The maximum atomic E-state index is 12.4. The van der Waals surface area contributed by atoms with Gasteiger partial charge in [-0.25, -0.2) is 13.8 Å². The third-order valence-electron chi connectivity index (χ3n) is 4.74. The second kappa shape index (κ2) is 9.89. The van der Waals surface area contributed by atoms with Crippen LogP contribution < -0.4 is 9.73 Å². The quantitative estimate of drug-likeness (QED) is 0.358. The van der Waals surface area contributed by atoms with Crippen LogP contribution in [0.4, 0.5) is 5.69 Å². The van der Waals surface area contributed by atoms with Crippen molar-refractivity contribution in [1.82, 2.24) is 9.99 Å². The summed E-state index contributed by atoms with van der Waals surface area (Å²) in [4.78, 5) is 12.4. The molecule has 0 atom stereocenters. The zero-order valence-corrected chi connectivity index (χ0v) is 20.9. The van der Waals surface area contributed by atoms with Gasteiger partial charge in [0.1, 0.15) is 6.54 Å². The van der Waals surface area contributed by atoms with Crippen LogP contribution >= 0.6 is 27.5 Å². The van der Waals surface area contributed by atoms with Crippen LogP contribution in [0.5, 0.6) is 0 Å². The van der Waals surface area contributed by atoms with E-state index in [-0.39, 0.29) is 0 Å². The Morgan fingerprint density at radius 2 is 1.91 bits per heavy atom. The molecule has 0 aliphatic rings. The Hall–Kier alpha value is -2.62. The maximum absolute atomic E-state index is 12.4. The van der Waals surface area contributed by atoms with Gasteiger partial charge >= 0.3 is 0 Å². The molecule has 3 aromatic rings. The van der Waals surface area contributed by atoms with Crippen LogP contribution in [0.15, 0.2) is 64.2 Å². The Morgan fingerprint density at radius 3 is 2.56 bits per heavy atom. The standard InChI is InChI=1S/C22H22BrClN4O3S/c1-15-11-17(16(2)28(15)19-8-6-7-18(24)12-19)13-25-26-22(29)14-27(32(3,30)31)21-10-5-4-9-20(21)23/h4-13H,14H2,1-3H3,(H,26,29)/b25-13-. The number of para-hydroxylation sites is 1. The lowest BCUT2D eigenvalue weighted by atomic mass is 10.2. The molecule has 2 aromatic carbocycles. The van der Waals surface area contributed by atoms with Gasteiger partial charge in [0.2, 0.25) is 10.0 Å². The van der Waals surface area contributed by atoms with E-state index in [0.717, 1.165) is 33.2 Å². The van der Waals surface area contributed by atoms with E-state index in [4.69, 9.17) is 11.6 Å². The first-order valence-corrected chi connectivity index (χ1v) is 12.6. The summed E-state index contributed by atoms with van der Waals surface area (Å²) in [5, 5.41) is 4.66. The summed E-state index contributed by atoms with van der Waals surface area (Å²) in [6.07, 6.45) is 2.58. The van der Waals surface area contributed by atoms with Gasteiger partial charge in [-0.2, -0.15) is 5.10 Å². The summed E-state index contributed by atoms with van der Waals surface area (Å²) in [5.41, 5.74) is 6.42. The number of carbonyl (C=O) groups is 1. The Bertz CT molecular complexity index is 1290. The topological polar surface area (TPSA) is 83.8 Å². The van der Waals surface area contributed by atoms with Gasteiger partial charge in [-0.05, 0) is 66.2 Å². The van der Waals surface area contributed by atoms with Crippen LogP contribution in [0.2, 0.25) is 5.02 Å². The highest BCUT2D eigenvalue weighted by molar-refractivity contribution is 9.10. The van der Waals surface area contributed by atoms with Crippen molar-refractivity contribution in [3.8, 4) is 5.69 Å². The van der Waals surface area contributed by atoms with Crippen LogP contribution in [-0.2, 0) is 14.8 Å². The number of hydrogen-bond acceptors (Lipinski definition) is 4. The van der Waals surface area contributed by atoms with E-state index in [1.165, 1.54) is 6.21 Å². The van der Waals surface area contributed by atoms with Gasteiger partial charge in [0, 0.05) is 32.1 Å². The number of sulfonamides is 1. The molecule has 0 fully saturated rings. The van der Waals surface area contributed by atoms with Gasteiger partial charge in [0.15, 0.2) is 0 Å². The van der Waals surface area contributed by atoms with E-state index in [0.29, 0.717) is 15.2 Å². The number of halogens is 2. The van der Waals surface area contributed by atoms with Crippen LogP contribution in [0.3, 0.4) is 0 Å². The molecule has 0 saturated heterocycles. The molecule has 32 heavy (non-hydrogen) atoms. The van der Waals surface area contributed by atoms with Crippen molar-refractivity contribution in [2.75, 3.05) is 17.1 Å². The second-order valence-corrected chi connectivity index (χ2v) is 10.4. The number of nitrogens with one attached hydrogen (secondary N) is 1. The minimum atomic E-state index is -3.68. The van der Waals surface area contributed by atoms with Gasteiger partial charge < -0.3 is 4.57 Å². The highest BCUT2D eigenvalue weighted by Gasteiger charge is 2.22. The largest absolute Gasteiger partial charge is 0.318 e. The predicted octanol–water partition coefficient (Wildman–Crippen LogP) is 4.43. The summed E-state index contributed by atoms with van der Waals surface area (Å²) in [6.45, 7) is 3.50. The van der Waals surface area contributed by atoms with Crippen molar-refractivity contribution in [1.29, 1.82) is 0 Å². The minimum Gasteiger partial charge on any atom is -0.318 e. The Balaban J connectivity index is 1.75. The first-order chi connectivity index (χ1) is 15.1.